The summed E-state index contributed by atoms with van der Waals surface area (Å²) in [5.41, 5.74) is 2.25. The van der Waals surface area contributed by atoms with Gasteiger partial charge in [-0.15, -0.1) is 0 Å². The number of nitrogens with two attached hydrogens (primary N) is 1. The highest BCUT2D eigenvalue weighted by Crippen LogP contribution is 2.34. The van der Waals surface area contributed by atoms with Gasteiger partial charge in [-0.2, -0.15) is 4.37 Å². The summed E-state index contributed by atoms with van der Waals surface area (Å²) in [6.07, 6.45) is 0. The number of nitro groups is 1. The highest BCUT2D eigenvalue weighted by molar-refractivity contribution is 8.01. The topological polar surface area (TPSA) is 120 Å². The zero-order valence-corrected chi connectivity index (χ0v) is 10.8. The fraction of sp³-hybridized carbons (Fsp3) is 0.125. The Hall–Kier alpha value is -1.78. The second kappa shape index (κ2) is 5.25. The predicted octanol–water partition coefficient (Wildman–Crippen LogP) is 1.59. The molecule has 94 valence electrons. The minimum atomic E-state index is -0.497. The van der Waals surface area contributed by atoms with Crippen LogP contribution >= 0.6 is 23.3 Å². The summed E-state index contributed by atoms with van der Waals surface area (Å²) in [7, 11) is 0. The first-order chi connectivity index (χ1) is 8.60. The minimum absolute atomic E-state index is 0.0909. The Kier molecular flexibility index (Phi) is 3.69. The molecule has 0 aromatic carbocycles. The van der Waals surface area contributed by atoms with Gasteiger partial charge in [-0.3, -0.25) is 10.1 Å². The van der Waals surface area contributed by atoms with E-state index in [1.165, 1.54) is 23.7 Å². The van der Waals surface area contributed by atoms with E-state index in [0.29, 0.717) is 16.0 Å². The summed E-state index contributed by atoms with van der Waals surface area (Å²) in [6, 6.07) is 2.78. The van der Waals surface area contributed by atoms with Crippen LogP contribution in [0.4, 0.5) is 11.5 Å². The van der Waals surface area contributed by atoms with Crippen molar-refractivity contribution in [2.75, 3.05) is 5.43 Å². The van der Waals surface area contributed by atoms with Crippen molar-refractivity contribution >= 4 is 34.8 Å². The molecule has 0 bridgehead atoms. The van der Waals surface area contributed by atoms with Gasteiger partial charge in [-0.05, 0) is 36.3 Å². The molecular formula is C8H8N6O2S2. The van der Waals surface area contributed by atoms with Crippen LogP contribution in [0, 0.1) is 17.0 Å². The van der Waals surface area contributed by atoms with Crippen LogP contribution in [-0.2, 0) is 0 Å². The Morgan fingerprint density at radius 3 is 2.83 bits per heavy atom. The zero-order chi connectivity index (χ0) is 13.1. The lowest BCUT2D eigenvalue weighted by Gasteiger charge is -2.02. The predicted molar refractivity (Wildman–Crippen MR) is 67.5 cm³/mol. The SMILES string of the molecule is Cc1nsc(Sc2nc(NN)ccc2[N+](=O)[O-])n1. The van der Waals surface area contributed by atoms with Gasteiger partial charge in [0.25, 0.3) is 0 Å². The van der Waals surface area contributed by atoms with E-state index in [0.717, 1.165) is 11.8 Å². The van der Waals surface area contributed by atoms with Crippen molar-refractivity contribution in [3.05, 3.63) is 28.1 Å². The van der Waals surface area contributed by atoms with Gasteiger partial charge < -0.3 is 5.43 Å². The lowest BCUT2D eigenvalue weighted by Crippen LogP contribution is -2.09. The number of nitrogens with one attached hydrogen (secondary N) is 1. The second-order valence-electron chi connectivity index (χ2n) is 3.13. The molecule has 2 aromatic heterocycles. The smallest absolute Gasteiger partial charge is 0.301 e. The fourth-order valence-electron chi connectivity index (χ4n) is 1.13. The van der Waals surface area contributed by atoms with Crippen LogP contribution in [0.25, 0.3) is 0 Å². The Labute approximate surface area is 110 Å². The molecule has 0 amide bonds. The highest BCUT2D eigenvalue weighted by Gasteiger charge is 2.18. The van der Waals surface area contributed by atoms with E-state index in [1.54, 1.807) is 6.92 Å². The maximum Gasteiger partial charge on any atom is 0.301 e. The van der Waals surface area contributed by atoms with Gasteiger partial charge in [0.1, 0.15) is 11.6 Å². The molecule has 0 saturated carbocycles. The van der Waals surface area contributed by atoms with Crippen molar-refractivity contribution in [3.8, 4) is 0 Å². The molecule has 10 heteroatoms. The molecule has 2 aromatic rings. The van der Waals surface area contributed by atoms with Crippen LogP contribution in [0.2, 0.25) is 0 Å². The third-order valence-corrected chi connectivity index (χ3v) is 3.71. The lowest BCUT2D eigenvalue weighted by molar-refractivity contribution is -0.388. The van der Waals surface area contributed by atoms with Crippen molar-refractivity contribution in [2.45, 2.75) is 16.3 Å². The molecule has 0 unspecified atom stereocenters. The van der Waals surface area contributed by atoms with Gasteiger partial charge in [-0.25, -0.2) is 15.8 Å². The van der Waals surface area contributed by atoms with E-state index in [1.807, 2.05) is 0 Å². The number of hydrogen-bond donors (Lipinski definition) is 2. The number of rotatable bonds is 4. The molecule has 0 fully saturated rings. The number of nitrogens with zero attached hydrogens (tertiary/aromatic N) is 4. The average Bonchev–Trinajstić information content (AvgIpc) is 2.74. The van der Waals surface area contributed by atoms with Crippen molar-refractivity contribution in [2.24, 2.45) is 5.84 Å². The van der Waals surface area contributed by atoms with Crippen LogP contribution < -0.4 is 11.3 Å². The normalized spacial score (nSPS) is 10.3. The molecule has 0 radical (unpaired) electrons. The number of anilines is 1. The molecule has 8 nitrogen and oxygen atoms in total. The summed E-state index contributed by atoms with van der Waals surface area (Å²) in [6.45, 7) is 1.75. The zero-order valence-electron chi connectivity index (χ0n) is 9.15. The van der Waals surface area contributed by atoms with Gasteiger partial charge in [0, 0.05) is 6.07 Å². The standard InChI is InChI=1S/C8H8N6O2S2/c1-4-10-8(18-13-4)17-7-5(14(15)16)2-3-6(11-7)12-9/h2-3H,9H2,1H3,(H,11,12). The maximum absolute atomic E-state index is 10.9. The summed E-state index contributed by atoms with van der Waals surface area (Å²) in [5, 5.41) is 11.1. The molecular weight excluding hydrogens is 276 g/mol. The van der Waals surface area contributed by atoms with Crippen LogP contribution in [0.3, 0.4) is 0 Å². The summed E-state index contributed by atoms with van der Waals surface area (Å²) >= 11 is 2.26. The van der Waals surface area contributed by atoms with Crippen LogP contribution in [0.5, 0.6) is 0 Å². The minimum Gasteiger partial charge on any atom is -0.308 e. The first-order valence-electron chi connectivity index (χ1n) is 4.70. The molecule has 2 heterocycles. The Bertz CT molecular complexity index is 587. The molecule has 0 spiro atoms. The summed E-state index contributed by atoms with van der Waals surface area (Å²) in [4.78, 5) is 18.5. The number of hydrogen-bond acceptors (Lipinski definition) is 9. The second-order valence-corrected chi connectivity index (χ2v) is 5.12. The molecule has 0 saturated heterocycles. The first kappa shape index (κ1) is 12.7. The van der Waals surface area contributed by atoms with Crippen LogP contribution in [0.15, 0.2) is 21.5 Å². The molecule has 2 rings (SSSR count). The van der Waals surface area contributed by atoms with Crippen molar-refractivity contribution < 1.29 is 4.92 Å². The van der Waals surface area contributed by atoms with E-state index in [9.17, 15) is 10.1 Å². The molecule has 18 heavy (non-hydrogen) atoms. The number of pyridine rings is 1. The lowest BCUT2D eigenvalue weighted by atomic mass is 10.4. The first-order valence-corrected chi connectivity index (χ1v) is 6.29. The van der Waals surface area contributed by atoms with E-state index in [-0.39, 0.29) is 10.7 Å². The number of nitrogen functional groups attached to an aromatic ring is 1. The van der Waals surface area contributed by atoms with Gasteiger partial charge in [0.15, 0.2) is 9.37 Å². The number of hydrazine groups is 1. The average molecular weight is 284 g/mol. The van der Waals surface area contributed by atoms with Gasteiger partial charge in [0.2, 0.25) is 0 Å². The molecule has 3 N–H and O–H groups in total. The van der Waals surface area contributed by atoms with Gasteiger partial charge in [0.05, 0.1) is 4.92 Å². The highest BCUT2D eigenvalue weighted by atomic mass is 32.2. The van der Waals surface area contributed by atoms with Crippen molar-refractivity contribution in [3.63, 3.8) is 0 Å². The Morgan fingerprint density at radius 1 is 1.50 bits per heavy atom. The van der Waals surface area contributed by atoms with E-state index >= 15 is 0 Å². The number of aromatic nitrogens is 3. The molecule has 0 aliphatic heterocycles. The Morgan fingerprint density at radius 2 is 2.28 bits per heavy atom. The van der Waals surface area contributed by atoms with E-state index in [2.05, 4.69) is 19.8 Å². The quantitative estimate of drug-likeness (QED) is 0.493. The van der Waals surface area contributed by atoms with Crippen molar-refractivity contribution in [1.29, 1.82) is 0 Å². The third kappa shape index (κ3) is 2.72. The molecule has 0 atom stereocenters. The fourth-order valence-corrected chi connectivity index (χ4v) is 2.79. The summed E-state index contributed by atoms with van der Waals surface area (Å²) in [5.74, 6) is 6.20. The summed E-state index contributed by atoms with van der Waals surface area (Å²) < 4.78 is 4.60. The molecule has 0 aliphatic rings. The van der Waals surface area contributed by atoms with Crippen LogP contribution in [0.1, 0.15) is 5.82 Å². The van der Waals surface area contributed by atoms with Gasteiger partial charge in [-0.1, -0.05) is 0 Å². The largest absolute Gasteiger partial charge is 0.308 e. The van der Waals surface area contributed by atoms with E-state index in [4.69, 9.17) is 5.84 Å². The Balaban J connectivity index is 2.37. The number of aryl methyl sites for hydroxylation is 1. The van der Waals surface area contributed by atoms with E-state index < -0.39 is 4.92 Å². The van der Waals surface area contributed by atoms with Crippen LogP contribution in [-0.4, -0.2) is 19.3 Å². The van der Waals surface area contributed by atoms with Crippen molar-refractivity contribution in [1.82, 2.24) is 14.3 Å². The molecule has 0 aliphatic carbocycles. The monoisotopic (exact) mass is 284 g/mol. The maximum atomic E-state index is 10.9. The third-order valence-electron chi connectivity index (χ3n) is 1.88. The van der Waals surface area contributed by atoms with Gasteiger partial charge >= 0.3 is 5.69 Å².